The Morgan fingerprint density at radius 1 is 1.29 bits per heavy atom. The van der Waals surface area contributed by atoms with E-state index in [0.717, 1.165) is 21.7 Å². The predicted molar refractivity (Wildman–Crippen MR) is 124 cm³/mol. The third kappa shape index (κ3) is 5.22. The summed E-state index contributed by atoms with van der Waals surface area (Å²) in [5.41, 5.74) is 10.8. The summed E-state index contributed by atoms with van der Waals surface area (Å²) in [7, 11) is 0. The molecule has 7 heteroatoms. The summed E-state index contributed by atoms with van der Waals surface area (Å²) in [5, 5.41) is 10.2. The van der Waals surface area contributed by atoms with Crippen LogP contribution in [0.3, 0.4) is 0 Å². The molecular weight excluding hydrogens is 410 g/mol. The molecule has 1 amide bonds. The SMILES string of the molecule is Cc1ncsc1-c1ccc(CC(C)C(=O)[C@@H]2C[C@@H](O)CN2C(=O)[C@@H](N)C(C)(C)C)cc1. The molecule has 3 N–H and O–H groups in total. The molecule has 1 saturated heterocycles. The Morgan fingerprint density at radius 3 is 2.48 bits per heavy atom. The summed E-state index contributed by atoms with van der Waals surface area (Å²) in [6, 6.07) is 6.87. The second-order valence-corrected chi connectivity index (χ2v) is 10.6. The number of ketones is 1. The molecule has 0 aliphatic carbocycles. The van der Waals surface area contributed by atoms with E-state index in [-0.39, 0.29) is 30.6 Å². The van der Waals surface area contributed by atoms with Gasteiger partial charge in [-0.05, 0) is 29.9 Å². The number of rotatable bonds is 6. The van der Waals surface area contributed by atoms with E-state index in [9.17, 15) is 14.7 Å². The number of carbonyl (C=O) groups is 2. The Labute approximate surface area is 188 Å². The second kappa shape index (κ2) is 9.18. The quantitative estimate of drug-likeness (QED) is 0.715. The molecule has 0 saturated carbocycles. The first-order valence-corrected chi connectivity index (χ1v) is 11.6. The maximum atomic E-state index is 13.2. The molecule has 0 bridgehead atoms. The van der Waals surface area contributed by atoms with Gasteiger partial charge in [-0.2, -0.15) is 0 Å². The highest BCUT2D eigenvalue weighted by molar-refractivity contribution is 7.13. The molecule has 0 spiro atoms. The molecule has 0 radical (unpaired) electrons. The van der Waals surface area contributed by atoms with Crippen molar-refractivity contribution < 1.29 is 14.7 Å². The number of hydrogen-bond acceptors (Lipinski definition) is 6. The normalized spacial score (nSPS) is 21.2. The maximum absolute atomic E-state index is 13.2. The lowest BCUT2D eigenvalue weighted by atomic mass is 9.86. The first-order chi connectivity index (χ1) is 14.5. The summed E-state index contributed by atoms with van der Waals surface area (Å²) in [4.78, 5) is 33.1. The minimum Gasteiger partial charge on any atom is -0.391 e. The number of nitrogens with two attached hydrogens (primary N) is 1. The average molecular weight is 444 g/mol. The first kappa shape index (κ1) is 23.6. The Hall–Kier alpha value is -2.09. The van der Waals surface area contributed by atoms with Gasteiger partial charge in [0.15, 0.2) is 5.78 Å². The predicted octanol–water partition coefficient (Wildman–Crippen LogP) is 3.20. The highest BCUT2D eigenvalue weighted by Crippen LogP contribution is 2.29. The molecule has 6 nitrogen and oxygen atoms in total. The molecule has 3 rings (SSSR count). The van der Waals surface area contributed by atoms with Crippen molar-refractivity contribution in [2.45, 2.75) is 65.6 Å². The van der Waals surface area contributed by atoms with E-state index in [2.05, 4.69) is 17.1 Å². The van der Waals surface area contributed by atoms with Crippen LogP contribution in [0, 0.1) is 18.3 Å². The van der Waals surface area contributed by atoms with E-state index in [4.69, 9.17) is 5.73 Å². The van der Waals surface area contributed by atoms with Crippen molar-refractivity contribution in [3.8, 4) is 10.4 Å². The van der Waals surface area contributed by atoms with Gasteiger partial charge in [0, 0.05) is 18.9 Å². The van der Waals surface area contributed by atoms with Crippen molar-refractivity contribution in [1.82, 2.24) is 9.88 Å². The van der Waals surface area contributed by atoms with E-state index >= 15 is 0 Å². The number of nitrogens with zero attached hydrogens (tertiary/aromatic N) is 2. The number of aliphatic hydroxyl groups is 1. The number of amides is 1. The van der Waals surface area contributed by atoms with E-state index in [0.29, 0.717) is 6.42 Å². The second-order valence-electron chi connectivity index (χ2n) is 9.71. The van der Waals surface area contributed by atoms with Gasteiger partial charge in [0.1, 0.15) is 0 Å². The Kier molecular flexibility index (Phi) is 6.98. The number of hydrogen-bond donors (Lipinski definition) is 2. The number of aromatic nitrogens is 1. The molecule has 31 heavy (non-hydrogen) atoms. The summed E-state index contributed by atoms with van der Waals surface area (Å²) < 4.78 is 0. The molecule has 1 aliphatic rings. The van der Waals surface area contributed by atoms with Crippen LogP contribution in [0.4, 0.5) is 0 Å². The standard InChI is InChI=1S/C24H33N3O3S/c1-14(10-16-6-8-17(9-7-16)21-15(2)26-13-31-21)20(29)19-11-18(28)12-27(19)23(30)22(25)24(3,4)5/h6-9,13-14,18-19,22,28H,10-12,25H2,1-5H3/t14?,18-,19+,22-/m1/s1. The van der Waals surface area contributed by atoms with Crippen LogP contribution in [-0.2, 0) is 16.0 Å². The smallest absolute Gasteiger partial charge is 0.240 e. The lowest BCUT2D eigenvalue weighted by Gasteiger charge is -2.33. The molecule has 1 fully saturated rings. The minimum atomic E-state index is -0.717. The van der Waals surface area contributed by atoms with E-state index < -0.39 is 23.6 Å². The van der Waals surface area contributed by atoms with Crippen LogP contribution >= 0.6 is 11.3 Å². The fourth-order valence-electron chi connectivity index (χ4n) is 4.03. The molecule has 168 valence electrons. The Balaban J connectivity index is 1.69. The molecule has 2 heterocycles. The monoisotopic (exact) mass is 443 g/mol. The van der Waals surface area contributed by atoms with Gasteiger partial charge in [0.2, 0.25) is 5.91 Å². The Morgan fingerprint density at radius 2 is 1.94 bits per heavy atom. The number of aryl methyl sites for hydroxylation is 1. The molecule has 1 aliphatic heterocycles. The summed E-state index contributed by atoms with van der Waals surface area (Å²) in [6.45, 7) is 9.75. The minimum absolute atomic E-state index is 0.0200. The number of Topliss-reactive ketones (excluding diaryl/α,β-unsaturated/α-hetero) is 1. The third-order valence-electron chi connectivity index (χ3n) is 6.08. The number of β-amino-alcohol motifs (C(OH)–C–C–N with tert-alkyl or cyclic N) is 1. The summed E-state index contributed by atoms with van der Waals surface area (Å²) >= 11 is 1.61. The van der Waals surface area contributed by atoms with Gasteiger partial charge in [-0.3, -0.25) is 9.59 Å². The first-order valence-electron chi connectivity index (χ1n) is 10.8. The van der Waals surface area contributed by atoms with E-state index in [1.807, 2.05) is 52.3 Å². The van der Waals surface area contributed by atoms with Crippen molar-refractivity contribution in [2.75, 3.05) is 6.54 Å². The van der Waals surface area contributed by atoms with Crippen molar-refractivity contribution >= 4 is 23.0 Å². The van der Waals surface area contributed by atoms with Gasteiger partial charge in [-0.25, -0.2) is 4.98 Å². The lowest BCUT2D eigenvalue weighted by Crippen LogP contribution is -2.54. The van der Waals surface area contributed by atoms with E-state index in [1.54, 1.807) is 11.3 Å². The zero-order valence-electron chi connectivity index (χ0n) is 19.0. The van der Waals surface area contributed by atoms with Crippen molar-refractivity contribution in [3.63, 3.8) is 0 Å². The van der Waals surface area contributed by atoms with Gasteiger partial charge < -0.3 is 15.7 Å². The van der Waals surface area contributed by atoms with Crippen molar-refractivity contribution in [2.24, 2.45) is 17.1 Å². The van der Waals surface area contributed by atoms with Gasteiger partial charge in [-0.15, -0.1) is 11.3 Å². The van der Waals surface area contributed by atoms with Crippen LogP contribution in [0.2, 0.25) is 0 Å². The highest BCUT2D eigenvalue weighted by atomic mass is 32.1. The lowest BCUT2D eigenvalue weighted by molar-refractivity contribution is -0.141. The van der Waals surface area contributed by atoms with Crippen LogP contribution in [0.1, 0.15) is 45.4 Å². The number of benzene rings is 1. The van der Waals surface area contributed by atoms with Crippen LogP contribution < -0.4 is 5.73 Å². The van der Waals surface area contributed by atoms with Crippen LogP contribution in [0.15, 0.2) is 29.8 Å². The molecule has 2 aromatic rings. The van der Waals surface area contributed by atoms with Crippen LogP contribution in [0.25, 0.3) is 10.4 Å². The van der Waals surface area contributed by atoms with Crippen molar-refractivity contribution in [3.05, 3.63) is 41.0 Å². The summed E-state index contributed by atoms with van der Waals surface area (Å²) in [6.07, 6.45) is 0.162. The molecule has 1 aromatic heterocycles. The summed E-state index contributed by atoms with van der Waals surface area (Å²) in [5.74, 6) is -0.556. The van der Waals surface area contributed by atoms with Gasteiger partial charge in [0.25, 0.3) is 0 Å². The Bertz CT molecular complexity index is 932. The van der Waals surface area contributed by atoms with Crippen molar-refractivity contribution in [1.29, 1.82) is 0 Å². The van der Waals surface area contributed by atoms with Gasteiger partial charge in [0.05, 0.1) is 34.3 Å². The fraction of sp³-hybridized carbons (Fsp3) is 0.542. The average Bonchev–Trinajstić information content (AvgIpc) is 3.31. The number of likely N-dealkylation sites (tertiary alicyclic amines) is 1. The molecular formula is C24H33N3O3S. The molecule has 1 unspecified atom stereocenters. The van der Waals surface area contributed by atoms with Crippen LogP contribution in [0.5, 0.6) is 0 Å². The zero-order chi connectivity index (χ0) is 22.9. The number of carbonyl (C=O) groups excluding carboxylic acids is 2. The number of aliphatic hydroxyl groups excluding tert-OH is 1. The maximum Gasteiger partial charge on any atom is 0.240 e. The fourth-order valence-corrected chi connectivity index (χ4v) is 4.84. The molecule has 1 aromatic carbocycles. The van der Waals surface area contributed by atoms with E-state index in [1.165, 1.54) is 4.90 Å². The largest absolute Gasteiger partial charge is 0.391 e. The topological polar surface area (TPSA) is 96.5 Å². The molecule has 4 atom stereocenters. The highest BCUT2D eigenvalue weighted by Gasteiger charge is 2.43. The third-order valence-corrected chi connectivity index (χ3v) is 7.06. The van der Waals surface area contributed by atoms with Crippen LogP contribution in [-0.4, -0.2) is 51.4 Å². The van der Waals surface area contributed by atoms with Gasteiger partial charge in [-0.1, -0.05) is 52.0 Å². The zero-order valence-corrected chi connectivity index (χ0v) is 19.8. The number of thiazole rings is 1. The van der Waals surface area contributed by atoms with Gasteiger partial charge >= 0.3 is 0 Å².